The molecule has 14 atom stereocenters. The van der Waals surface area contributed by atoms with E-state index >= 15 is 0 Å². The first-order chi connectivity index (χ1) is 30.4. The van der Waals surface area contributed by atoms with Gasteiger partial charge in [-0.15, -0.1) is 0 Å². The minimum atomic E-state index is -2.00. The number of carbonyl (C=O) groups excluding carboxylic acids is 2. The Balaban J connectivity index is 1.27. The van der Waals surface area contributed by atoms with Gasteiger partial charge < -0.3 is 99.9 Å². The quantitative estimate of drug-likeness (QED) is 0.0728. The van der Waals surface area contributed by atoms with Crippen LogP contribution < -0.4 is 9.47 Å². The van der Waals surface area contributed by atoms with Crippen molar-refractivity contribution in [2.45, 2.75) is 85.5 Å². The number of phenols is 6. The van der Waals surface area contributed by atoms with Crippen LogP contribution in [-0.4, -0.2) is 170 Å². The summed E-state index contributed by atoms with van der Waals surface area (Å²) in [5.41, 5.74) is -0.840. The van der Waals surface area contributed by atoms with Crippen LogP contribution >= 0.6 is 0 Å². The number of hydrogen-bond acceptors (Lipinski definition) is 22. The number of phenolic OH excluding ortho intramolecular Hbond substituents is 6. The van der Waals surface area contributed by atoms with Crippen LogP contribution in [0.3, 0.4) is 0 Å². The van der Waals surface area contributed by atoms with E-state index in [2.05, 4.69) is 0 Å². The van der Waals surface area contributed by atoms with Crippen molar-refractivity contribution in [3.05, 3.63) is 95.1 Å². The molecule has 0 bridgehead atoms. The van der Waals surface area contributed by atoms with Crippen LogP contribution in [0.1, 0.15) is 43.7 Å². The van der Waals surface area contributed by atoms with Crippen molar-refractivity contribution in [2.75, 3.05) is 13.2 Å². The minimum Gasteiger partial charge on any atom is -0.508 e. The molecule has 0 radical (unpaired) electrons. The molecule has 7 rings (SSSR count). The summed E-state index contributed by atoms with van der Waals surface area (Å²) in [6.45, 7) is -1.70. The first-order valence-corrected chi connectivity index (χ1v) is 19.5. The van der Waals surface area contributed by atoms with Crippen LogP contribution in [-0.2, 0) is 18.9 Å². The lowest BCUT2D eigenvalue weighted by molar-refractivity contribution is -0.277. The largest absolute Gasteiger partial charge is 0.508 e. The molecule has 1 saturated carbocycles. The number of aliphatic hydroxyl groups excluding tert-OH is 8. The third kappa shape index (κ3) is 8.83. The van der Waals surface area contributed by atoms with Gasteiger partial charge in [0, 0.05) is 36.1 Å². The highest BCUT2D eigenvalue weighted by atomic mass is 16.7. The predicted octanol–water partition coefficient (Wildman–Crippen LogP) is -1.39. The fourth-order valence-electron chi connectivity index (χ4n) is 7.85. The van der Waals surface area contributed by atoms with Crippen LogP contribution in [0, 0.1) is 0 Å². The molecule has 14 N–H and O–H groups in total. The molecule has 0 amide bonds. The standard InChI is InChI=1S/C42H44O22/c43-13-25-31(51)33(53)35(55)41(61-25)59-23-11-19(47)9-21(49)29(23)39(57)63-37-27(15-1-5-17(45)6-2-15)28(16-3-7-18(46)8-4-16)38(37)64-40(58)30-22(50)10-20(48)12-24(30)60-42-36(56)34(54)32(52)26(14-44)62-42/h1-12,25-28,31-38,41-56H,13-14H2/t25-,26-,27-,28+,31-,32-,33+,34+,35-,36-,37+,38-,41-,42-/m1/s1. The third-order valence-corrected chi connectivity index (χ3v) is 11.2. The Morgan fingerprint density at radius 1 is 0.469 bits per heavy atom. The molecule has 22 nitrogen and oxygen atoms in total. The van der Waals surface area contributed by atoms with Crippen molar-refractivity contribution in [3.63, 3.8) is 0 Å². The van der Waals surface area contributed by atoms with E-state index in [4.69, 9.17) is 28.4 Å². The zero-order chi connectivity index (χ0) is 46.3. The van der Waals surface area contributed by atoms with Crippen LogP contribution in [0.25, 0.3) is 0 Å². The van der Waals surface area contributed by atoms with Gasteiger partial charge in [-0.2, -0.15) is 0 Å². The predicted molar refractivity (Wildman–Crippen MR) is 208 cm³/mol. The van der Waals surface area contributed by atoms with Crippen LogP contribution in [0.2, 0.25) is 0 Å². The van der Waals surface area contributed by atoms with Gasteiger partial charge in [0.1, 0.15) is 118 Å². The fourth-order valence-corrected chi connectivity index (χ4v) is 7.85. The zero-order valence-electron chi connectivity index (χ0n) is 33.0. The van der Waals surface area contributed by atoms with Gasteiger partial charge in [-0.05, 0) is 35.4 Å². The van der Waals surface area contributed by atoms with Crippen molar-refractivity contribution in [1.29, 1.82) is 0 Å². The van der Waals surface area contributed by atoms with E-state index in [0.717, 1.165) is 24.3 Å². The van der Waals surface area contributed by atoms with Crippen LogP contribution in [0.5, 0.6) is 46.0 Å². The highest BCUT2D eigenvalue weighted by molar-refractivity contribution is 5.97. The molecule has 0 aromatic heterocycles. The summed E-state index contributed by atoms with van der Waals surface area (Å²) in [6.07, 6.45) is -21.3. The Hall–Kier alpha value is -6.18. The Morgan fingerprint density at radius 2 is 0.812 bits per heavy atom. The maximum absolute atomic E-state index is 14.3. The van der Waals surface area contributed by atoms with Crippen molar-refractivity contribution in [2.24, 2.45) is 0 Å². The Kier molecular flexibility index (Phi) is 13.2. The summed E-state index contributed by atoms with van der Waals surface area (Å²) in [4.78, 5) is 28.6. The number of carbonyl (C=O) groups is 2. The van der Waals surface area contributed by atoms with Gasteiger partial charge in [0.05, 0.1) is 13.2 Å². The van der Waals surface area contributed by atoms with Crippen LogP contribution in [0.4, 0.5) is 0 Å². The summed E-state index contributed by atoms with van der Waals surface area (Å²) in [5, 5.41) is 145. The molecule has 64 heavy (non-hydrogen) atoms. The van der Waals surface area contributed by atoms with E-state index < -0.39 is 156 Å². The number of aromatic hydroxyl groups is 6. The van der Waals surface area contributed by atoms with E-state index in [1.807, 2.05) is 0 Å². The number of esters is 2. The lowest BCUT2D eigenvalue weighted by Crippen LogP contribution is -2.60. The third-order valence-electron chi connectivity index (χ3n) is 11.2. The molecule has 0 spiro atoms. The number of hydrogen-bond donors (Lipinski definition) is 14. The average molecular weight is 901 g/mol. The first-order valence-electron chi connectivity index (χ1n) is 19.5. The van der Waals surface area contributed by atoms with E-state index in [1.165, 1.54) is 48.5 Å². The van der Waals surface area contributed by atoms with Gasteiger partial charge in [-0.1, -0.05) is 24.3 Å². The molecular formula is C42H44O22. The summed E-state index contributed by atoms with van der Waals surface area (Å²) < 4.78 is 33.9. The lowest BCUT2D eigenvalue weighted by Gasteiger charge is -2.50. The lowest BCUT2D eigenvalue weighted by atomic mass is 9.62. The van der Waals surface area contributed by atoms with Gasteiger partial charge in [-0.3, -0.25) is 0 Å². The number of aliphatic hydroxyl groups is 8. The van der Waals surface area contributed by atoms with Crippen molar-refractivity contribution in [1.82, 2.24) is 0 Å². The first kappa shape index (κ1) is 45.8. The van der Waals surface area contributed by atoms with Gasteiger partial charge in [0.2, 0.25) is 12.6 Å². The average Bonchev–Trinajstić information content (AvgIpc) is 3.24. The van der Waals surface area contributed by atoms with Crippen molar-refractivity contribution in [3.8, 4) is 46.0 Å². The second-order valence-corrected chi connectivity index (χ2v) is 15.3. The molecular weight excluding hydrogens is 856 g/mol. The molecule has 1 aliphatic carbocycles. The topological polar surface area (TPSA) is 373 Å². The normalized spacial score (nSPS) is 31.3. The molecule has 2 aliphatic heterocycles. The van der Waals surface area contributed by atoms with Crippen molar-refractivity contribution >= 4 is 11.9 Å². The van der Waals surface area contributed by atoms with Gasteiger partial charge in [0.15, 0.2) is 0 Å². The Morgan fingerprint density at radius 3 is 1.14 bits per heavy atom. The molecule has 3 aliphatic rings. The second kappa shape index (κ2) is 18.5. The molecule has 3 fully saturated rings. The molecule has 4 aromatic rings. The van der Waals surface area contributed by atoms with Gasteiger partial charge >= 0.3 is 11.9 Å². The molecule has 0 unspecified atom stereocenters. The highest BCUT2D eigenvalue weighted by Gasteiger charge is 2.57. The summed E-state index contributed by atoms with van der Waals surface area (Å²) in [7, 11) is 0. The molecule has 2 heterocycles. The summed E-state index contributed by atoms with van der Waals surface area (Å²) in [6, 6.07) is 14.2. The smallest absolute Gasteiger partial charge is 0.346 e. The van der Waals surface area contributed by atoms with E-state index in [1.54, 1.807) is 0 Å². The number of benzene rings is 4. The van der Waals surface area contributed by atoms with Crippen molar-refractivity contribution < 1.29 is 110 Å². The second-order valence-electron chi connectivity index (χ2n) is 15.3. The summed E-state index contributed by atoms with van der Waals surface area (Å²) in [5.74, 6) is -9.72. The molecule has 22 heteroatoms. The van der Waals surface area contributed by atoms with E-state index in [9.17, 15) is 81.1 Å². The monoisotopic (exact) mass is 900 g/mol. The van der Waals surface area contributed by atoms with E-state index in [-0.39, 0.29) is 11.5 Å². The number of rotatable bonds is 12. The fraction of sp³-hybridized carbons (Fsp3) is 0.381. The number of ether oxygens (including phenoxy) is 6. The Bertz CT molecular complexity index is 2140. The van der Waals surface area contributed by atoms with Gasteiger partial charge in [-0.25, -0.2) is 9.59 Å². The highest BCUT2D eigenvalue weighted by Crippen LogP contribution is 2.54. The van der Waals surface area contributed by atoms with Crippen LogP contribution in [0.15, 0.2) is 72.8 Å². The molecule has 2 saturated heterocycles. The molecule has 4 aromatic carbocycles. The minimum absolute atomic E-state index is 0.153. The zero-order valence-corrected chi connectivity index (χ0v) is 33.0. The SMILES string of the molecule is O=C(O[C@@H]1[C@H](OC(=O)c2c(O)cc(O)cc2O[C@@H]2O[C@H](CO)[C@@H](O)[C@H](O)[C@H]2O)[C@@H](c2ccc(O)cc2)[C@H]1c1ccc(O)cc1)c1c(O)cc(O)cc1O[C@@H]1O[C@H](CO)[C@@H](O)[C@H](O)[C@H]1O. The maximum Gasteiger partial charge on any atom is 0.346 e. The molecule has 344 valence electrons. The van der Waals surface area contributed by atoms with Gasteiger partial charge in [0.25, 0.3) is 0 Å². The maximum atomic E-state index is 14.3. The summed E-state index contributed by atoms with van der Waals surface area (Å²) >= 11 is 0. The Labute approximate surface area is 360 Å². The van der Waals surface area contributed by atoms with E-state index in [0.29, 0.717) is 11.1 Å².